The highest BCUT2D eigenvalue weighted by atomic mass is 32.1. The Balaban J connectivity index is 1.84. The fourth-order valence-electron chi connectivity index (χ4n) is 4.56. The Kier molecular flexibility index (Phi) is 6.33. The van der Waals surface area contributed by atoms with E-state index in [0.717, 1.165) is 28.1 Å². The SMILES string of the molecule is CCOC(=O)C1=C(c2ccccc2)N=c2s/c(=C\c3cc(C)n(C)c3C)c(=O)n2C1c1ccccc1. The Hall–Kier alpha value is -3.97. The smallest absolute Gasteiger partial charge is 0.338 e. The average molecular weight is 498 g/mol. The van der Waals surface area contributed by atoms with Crippen molar-refractivity contribution in [2.45, 2.75) is 26.8 Å². The van der Waals surface area contributed by atoms with Gasteiger partial charge < -0.3 is 9.30 Å². The van der Waals surface area contributed by atoms with Crippen LogP contribution in [0.15, 0.2) is 82.1 Å². The standard InChI is InChI=1S/C29H27N3O3S/c1-5-35-28(34)24-25(20-12-8-6-9-13-20)30-29-32(26(24)21-14-10-7-11-15-21)27(33)23(36-29)17-22-16-18(2)31(4)19(22)3/h6-17,26H,5H2,1-4H3/b23-17-. The molecule has 7 heteroatoms. The second-order valence-corrected chi connectivity index (χ2v) is 9.74. The highest BCUT2D eigenvalue weighted by Gasteiger charge is 2.35. The molecule has 0 N–H and O–H groups in total. The molecule has 5 rings (SSSR count). The van der Waals surface area contributed by atoms with Crippen LogP contribution >= 0.6 is 11.3 Å². The van der Waals surface area contributed by atoms with Gasteiger partial charge in [0.1, 0.15) is 0 Å². The maximum absolute atomic E-state index is 13.9. The van der Waals surface area contributed by atoms with E-state index in [2.05, 4.69) is 10.6 Å². The predicted molar refractivity (Wildman–Crippen MR) is 142 cm³/mol. The Morgan fingerprint density at radius 3 is 2.36 bits per heavy atom. The van der Waals surface area contributed by atoms with Gasteiger partial charge in [0.25, 0.3) is 5.56 Å². The third-order valence-corrected chi connectivity index (χ3v) is 7.57. The van der Waals surface area contributed by atoms with Gasteiger partial charge in [0.15, 0.2) is 4.80 Å². The molecule has 3 heterocycles. The molecule has 0 bridgehead atoms. The number of hydrogen-bond acceptors (Lipinski definition) is 5. The minimum absolute atomic E-state index is 0.178. The number of thiazole rings is 1. The van der Waals surface area contributed by atoms with E-state index in [-0.39, 0.29) is 12.2 Å². The summed E-state index contributed by atoms with van der Waals surface area (Å²) in [6, 6.07) is 20.6. The van der Waals surface area contributed by atoms with Crippen LogP contribution in [0, 0.1) is 13.8 Å². The van der Waals surface area contributed by atoms with Crippen LogP contribution in [0.3, 0.4) is 0 Å². The molecule has 1 aliphatic heterocycles. The Labute approximate surface area is 213 Å². The monoisotopic (exact) mass is 497 g/mol. The number of ether oxygens (including phenoxy) is 1. The summed E-state index contributed by atoms with van der Waals surface area (Å²) in [5.41, 5.74) is 5.52. The maximum Gasteiger partial charge on any atom is 0.338 e. The highest BCUT2D eigenvalue weighted by Crippen LogP contribution is 2.35. The van der Waals surface area contributed by atoms with E-state index in [1.807, 2.05) is 87.6 Å². The molecule has 1 atom stereocenters. The second kappa shape index (κ2) is 9.59. The molecule has 6 nitrogen and oxygen atoms in total. The van der Waals surface area contributed by atoms with Crippen LogP contribution in [0.25, 0.3) is 11.8 Å². The minimum atomic E-state index is -0.655. The van der Waals surface area contributed by atoms with Gasteiger partial charge in [0.05, 0.1) is 28.5 Å². The fourth-order valence-corrected chi connectivity index (χ4v) is 5.55. The molecule has 0 fully saturated rings. The number of esters is 1. The summed E-state index contributed by atoms with van der Waals surface area (Å²) < 4.78 is 9.80. The molecule has 4 aromatic rings. The van der Waals surface area contributed by atoms with E-state index in [4.69, 9.17) is 9.73 Å². The van der Waals surface area contributed by atoms with Gasteiger partial charge >= 0.3 is 5.97 Å². The van der Waals surface area contributed by atoms with Crippen LogP contribution in [0.2, 0.25) is 0 Å². The third kappa shape index (κ3) is 4.05. The van der Waals surface area contributed by atoms with Crippen molar-refractivity contribution in [2.75, 3.05) is 6.61 Å². The number of nitrogens with zero attached hydrogens (tertiary/aromatic N) is 3. The molecule has 0 spiro atoms. The number of carbonyl (C=O) groups is 1. The first-order valence-electron chi connectivity index (χ1n) is 11.9. The van der Waals surface area contributed by atoms with Crippen molar-refractivity contribution in [3.8, 4) is 0 Å². The molecule has 2 aromatic carbocycles. The van der Waals surface area contributed by atoms with Crippen LogP contribution in [-0.2, 0) is 16.6 Å². The van der Waals surface area contributed by atoms with Crippen molar-refractivity contribution in [3.05, 3.63) is 120 Å². The molecule has 0 radical (unpaired) electrons. The van der Waals surface area contributed by atoms with Gasteiger partial charge in [-0.1, -0.05) is 72.0 Å². The highest BCUT2D eigenvalue weighted by molar-refractivity contribution is 7.07. The summed E-state index contributed by atoms with van der Waals surface area (Å²) in [6.45, 7) is 6.08. The molecule has 182 valence electrons. The van der Waals surface area contributed by atoms with Crippen LogP contribution in [-0.4, -0.2) is 21.7 Å². The molecular weight excluding hydrogens is 470 g/mol. The van der Waals surface area contributed by atoms with E-state index in [9.17, 15) is 9.59 Å². The molecule has 1 unspecified atom stereocenters. The molecule has 0 saturated carbocycles. The molecule has 0 aliphatic carbocycles. The summed E-state index contributed by atoms with van der Waals surface area (Å²) in [5, 5.41) is 0. The zero-order valence-electron chi connectivity index (χ0n) is 20.7. The van der Waals surface area contributed by atoms with Gasteiger partial charge in [-0.25, -0.2) is 9.79 Å². The number of hydrogen-bond donors (Lipinski definition) is 0. The van der Waals surface area contributed by atoms with Crippen molar-refractivity contribution in [1.29, 1.82) is 0 Å². The number of aromatic nitrogens is 2. The van der Waals surface area contributed by atoms with Gasteiger partial charge in [0.2, 0.25) is 0 Å². The largest absolute Gasteiger partial charge is 0.463 e. The first kappa shape index (κ1) is 23.8. The Morgan fingerprint density at radius 1 is 1.08 bits per heavy atom. The van der Waals surface area contributed by atoms with Crippen LogP contribution in [0.5, 0.6) is 0 Å². The normalized spacial score (nSPS) is 15.6. The molecular formula is C29H27N3O3S. The number of benzene rings is 2. The van der Waals surface area contributed by atoms with Crippen molar-refractivity contribution < 1.29 is 9.53 Å². The van der Waals surface area contributed by atoms with Crippen LogP contribution in [0.1, 0.15) is 41.0 Å². The zero-order valence-corrected chi connectivity index (χ0v) is 21.5. The van der Waals surface area contributed by atoms with Crippen molar-refractivity contribution >= 4 is 29.1 Å². The molecule has 0 saturated heterocycles. The number of carbonyl (C=O) groups excluding carboxylic acids is 1. The summed E-state index contributed by atoms with van der Waals surface area (Å²) >= 11 is 1.34. The average Bonchev–Trinajstić information content (AvgIpc) is 3.34. The molecule has 0 amide bonds. The summed E-state index contributed by atoms with van der Waals surface area (Å²) in [4.78, 5) is 32.7. The fraction of sp³-hybridized carbons (Fsp3) is 0.207. The quantitative estimate of drug-likeness (QED) is 0.393. The zero-order chi connectivity index (χ0) is 25.4. The van der Waals surface area contributed by atoms with E-state index in [0.29, 0.717) is 20.6 Å². The summed E-state index contributed by atoms with van der Waals surface area (Å²) in [6.07, 6.45) is 1.92. The van der Waals surface area contributed by atoms with Crippen molar-refractivity contribution in [1.82, 2.24) is 9.13 Å². The van der Waals surface area contributed by atoms with E-state index in [1.165, 1.54) is 11.3 Å². The van der Waals surface area contributed by atoms with Gasteiger partial charge in [-0.15, -0.1) is 0 Å². The lowest BCUT2D eigenvalue weighted by Gasteiger charge is -2.25. The summed E-state index contributed by atoms with van der Waals surface area (Å²) in [7, 11) is 2.01. The van der Waals surface area contributed by atoms with Gasteiger partial charge in [-0.05, 0) is 44.0 Å². The second-order valence-electron chi connectivity index (χ2n) is 8.73. The van der Waals surface area contributed by atoms with Gasteiger partial charge in [-0.2, -0.15) is 0 Å². The van der Waals surface area contributed by atoms with Crippen LogP contribution in [0.4, 0.5) is 0 Å². The Bertz CT molecular complexity index is 1660. The van der Waals surface area contributed by atoms with E-state index >= 15 is 0 Å². The lowest BCUT2D eigenvalue weighted by atomic mass is 9.93. The molecule has 36 heavy (non-hydrogen) atoms. The van der Waals surface area contributed by atoms with E-state index < -0.39 is 12.0 Å². The third-order valence-electron chi connectivity index (χ3n) is 6.59. The minimum Gasteiger partial charge on any atom is -0.463 e. The number of fused-ring (bicyclic) bond motifs is 1. The molecule has 1 aliphatic rings. The Morgan fingerprint density at radius 2 is 1.75 bits per heavy atom. The first-order valence-corrected chi connectivity index (χ1v) is 12.7. The van der Waals surface area contributed by atoms with Gasteiger partial charge in [0, 0.05) is 24.0 Å². The van der Waals surface area contributed by atoms with Crippen molar-refractivity contribution in [2.24, 2.45) is 12.0 Å². The maximum atomic E-state index is 13.9. The van der Waals surface area contributed by atoms with Crippen molar-refractivity contribution in [3.63, 3.8) is 0 Å². The molecule has 2 aromatic heterocycles. The van der Waals surface area contributed by atoms with E-state index in [1.54, 1.807) is 11.5 Å². The first-order chi connectivity index (χ1) is 17.4. The number of aryl methyl sites for hydroxylation is 1. The van der Waals surface area contributed by atoms with Gasteiger partial charge in [-0.3, -0.25) is 9.36 Å². The summed E-state index contributed by atoms with van der Waals surface area (Å²) in [5.74, 6) is -0.474. The lowest BCUT2D eigenvalue weighted by molar-refractivity contribution is -0.138. The van der Waals surface area contributed by atoms with Crippen LogP contribution < -0.4 is 14.9 Å². The predicted octanol–water partition coefficient (Wildman–Crippen LogP) is 3.89. The lowest BCUT2D eigenvalue weighted by Crippen LogP contribution is -2.40. The topological polar surface area (TPSA) is 65.6 Å². The number of rotatable bonds is 5.